The normalized spacial score (nSPS) is 13.4. The Hall–Kier alpha value is -4.24. The van der Waals surface area contributed by atoms with E-state index in [1.165, 1.54) is 0 Å². The van der Waals surface area contributed by atoms with Gasteiger partial charge in [-0.05, 0) is 41.0 Å². The van der Waals surface area contributed by atoms with Gasteiger partial charge in [0.25, 0.3) is 0 Å². The molecule has 1 aromatic heterocycles. The number of anilines is 2. The number of nitriles is 1. The van der Waals surface area contributed by atoms with Gasteiger partial charge in [0.1, 0.15) is 5.82 Å². The Balaban J connectivity index is 1.30. The second-order valence-corrected chi connectivity index (χ2v) is 7.95. The number of nitrogens with zero attached hydrogens (tertiary/aromatic N) is 4. The number of carbonyl (C=O) groups excluding carboxylic acids is 1. The highest BCUT2D eigenvalue weighted by atomic mass is 16.1. The molecule has 32 heavy (non-hydrogen) atoms. The smallest absolute Gasteiger partial charge is 0.228 e. The lowest BCUT2D eigenvalue weighted by Gasteiger charge is -2.35. The van der Waals surface area contributed by atoms with Crippen LogP contribution in [-0.4, -0.2) is 29.0 Å². The molecule has 1 amide bonds. The van der Waals surface area contributed by atoms with Gasteiger partial charge in [-0.3, -0.25) is 9.78 Å². The fourth-order valence-corrected chi connectivity index (χ4v) is 3.81. The number of hydrogen-bond donors (Lipinski definition) is 1. The maximum absolute atomic E-state index is 12.3. The van der Waals surface area contributed by atoms with Crippen molar-refractivity contribution >= 4 is 28.4 Å². The van der Waals surface area contributed by atoms with Gasteiger partial charge in [0.05, 0.1) is 35.6 Å². The number of amides is 1. The van der Waals surface area contributed by atoms with Crippen molar-refractivity contribution in [2.45, 2.75) is 6.42 Å². The molecule has 1 saturated heterocycles. The Kier molecular flexibility index (Phi) is 5.22. The SMILES string of the molecule is N#CC1CN(c2cnc3ccc(-c4ccc(NC(=O)Cc5ccccc5)cc4)cc3n2)C1. The highest BCUT2D eigenvalue weighted by Gasteiger charge is 2.27. The predicted molar refractivity (Wildman–Crippen MR) is 125 cm³/mol. The van der Waals surface area contributed by atoms with Gasteiger partial charge in [-0.25, -0.2) is 4.98 Å². The summed E-state index contributed by atoms with van der Waals surface area (Å²) in [5.41, 5.74) is 5.47. The number of carbonyl (C=O) groups is 1. The van der Waals surface area contributed by atoms with E-state index in [2.05, 4.69) is 21.3 Å². The molecule has 6 nitrogen and oxygen atoms in total. The fraction of sp³-hybridized carbons (Fsp3) is 0.154. The van der Waals surface area contributed by atoms with E-state index in [0.717, 1.165) is 39.2 Å². The molecule has 1 aliphatic heterocycles. The standard InChI is InChI=1S/C26H21N5O/c27-14-19-16-31(17-19)25-15-28-23-11-8-21(13-24(23)30-25)20-6-9-22(10-7-20)29-26(32)12-18-4-2-1-3-5-18/h1-11,13,15,19H,12,16-17H2,(H,29,32). The Labute approximate surface area is 186 Å². The average molecular weight is 419 g/mol. The third-order valence-corrected chi connectivity index (χ3v) is 5.63. The van der Waals surface area contributed by atoms with E-state index in [-0.39, 0.29) is 11.8 Å². The predicted octanol–water partition coefficient (Wildman–Crippen LogP) is 4.44. The Morgan fingerprint density at radius 1 is 1.00 bits per heavy atom. The molecule has 3 aromatic carbocycles. The summed E-state index contributed by atoms with van der Waals surface area (Å²) in [4.78, 5) is 23.6. The summed E-state index contributed by atoms with van der Waals surface area (Å²) in [6, 6.07) is 25.8. The van der Waals surface area contributed by atoms with Gasteiger partial charge in [0.15, 0.2) is 0 Å². The molecule has 0 saturated carbocycles. The Bertz CT molecular complexity index is 1310. The van der Waals surface area contributed by atoms with Gasteiger partial charge in [-0.2, -0.15) is 5.26 Å². The van der Waals surface area contributed by atoms with Crippen LogP contribution in [0.3, 0.4) is 0 Å². The molecule has 6 heteroatoms. The lowest BCUT2D eigenvalue weighted by Crippen LogP contribution is -2.46. The molecule has 4 aromatic rings. The summed E-state index contributed by atoms with van der Waals surface area (Å²) in [5.74, 6) is 0.838. The van der Waals surface area contributed by atoms with Crippen molar-refractivity contribution in [1.29, 1.82) is 5.26 Å². The van der Waals surface area contributed by atoms with Crippen molar-refractivity contribution in [3.05, 3.63) is 84.6 Å². The van der Waals surface area contributed by atoms with Crippen LogP contribution < -0.4 is 10.2 Å². The minimum Gasteiger partial charge on any atom is -0.353 e. The minimum atomic E-state index is -0.0397. The zero-order chi connectivity index (χ0) is 21.9. The second-order valence-electron chi connectivity index (χ2n) is 7.95. The average Bonchev–Trinajstić information content (AvgIpc) is 2.79. The van der Waals surface area contributed by atoms with E-state index in [0.29, 0.717) is 19.5 Å². The van der Waals surface area contributed by atoms with Crippen LogP contribution in [0.25, 0.3) is 22.2 Å². The van der Waals surface area contributed by atoms with Gasteiger partial charge in [0.2, 0.25) is 5.91 Å². The van der Waals surface area contributed by atoms with Crippen LogP contribution in [0.4, 0.5) is 11.5 Å². The van der Waals surface area contributed by atoms with Crippen LogP contribution in [0, 0.1) is 17.2 Å². The molecule has 2 heterocycles. The molecule has 1 N–H and O–H groups in total. The highest BCUT2D eigenvalue weighted by Crippen LogP contribution is 2.27. The van der Waals surface area contributed by atoms with E-state index in [1.54, 1.807) is 6.20 Å². The molecular formula is C26H21N5O. The number of nitrogens with one attached hydrogen (secondary N) is 1. The van der Waals surface area contributed by atoms with Crippen LogP contribution in [-0.2, 0) is 11.2 Å². The zero-order valence-electron chi connectivity index (χ0n) is 17.4. The molecule has 0 radical (unpaired) electrons. The largest absolute Gasteiger partial charge is 0.353 e. The summed E-state index contributed by atoms with van der Waals surface area (Å²) in [6.07, 6.45) is 2.11. The molecular weight excluding hydrogens is 398 g/mol. The van der Waals surface area contributed by atoms with Crippen molar-refractivity contribution in [3.8, 4) is 17.2 Å². The van der Waals surface area contributed by atoms with Gasteiger partial charge in [-0.15, -0.1) is 0 Å². The number of rotatable bonds is 5. The Morgan fingerprint density at radius 2 is 1.75 bits per heavy atom. The number of hydrogen-bond acceptors (Lipinski definition) is 5. The van der Waals surface area contributed by atoms with E-state index in [1.807, 2.05) is 72.8 Å². The molecule has 0 aliphatic carbocycles. The molecule has 0 atom stereocenters. The monoisotopic (exact) mass is 419 g/mol. The van der Waals surface area contributed by atoms with Crippen LogP contribution in [0.2, 0.25) is 0 Å². The van der Waals surface area contributed by atoms with Gasteiger partial charge in [-0.1, -0.05) is 48.5 Å². The number of benzene rings is 3. The first kappa shape index (κ1) is 19.7. The summed E-state index contributed by atoms with van der Waals surface area (Å²) in [5, 5.41) is 11.9. The summed E-state index contributed by atoms with van der Waals surface area (Å²) < 4.78 is 0. The first-order valence-electron chi connectivity index (χ1n) is 10.5. The van der Waals surface area contributed by atoms with Crippen LogP contribution >= 0.6 is 0 Å². The maximum atomic E-state index is 12.3. The molecule has 0 unspecified atom stereocenters. The highest BCUT2D eigenvalue weighted by molar-refractivity contribution is 5.92. The van der Waals surface area contributed by atoms with E-state index < -0.39 is 0 Å². The van der Waals surface area contributed by atoms with Gasteiger partial charge >= 0.3 is 0 Å². The van der Waals surface area contributed by atoms with Crippen LogP contribution in [0.15, 0.2) is 79.0 Å². The van der Waals surface area contributed by atoms with Crippen LogP contribution in [0.5, 0.6) is 0 Å². The van der Waals surface area contributed by atoms with Crippen LogP contribution in [0.1, 0.15) is 5.56 Å². The Morgan fingerprint density at radius 3 is 2.50 bits per heavy atom. The third kappa shape index (κ3) is 4.14. The van der Waals surface area contributed by atoms with Crippen molar-refractivity contribution < 1.29 is 4.79 Å². The van der Waals surface area contributed by atoms with E-state index >= 15 is 0 Å². The first-order chi connectivity index (χ1) is 15.7. The number of fused-ring (bicyclic) bond motifs is 1. The molecule has 1 aliphatic rings. The van der Waals surface area contributed by atoms with Crippen molar-refractivity contribution in [2.75, 3.05) is 23.3 Å². The van der Waals surface area contributed by atoms with Crippen molar-refractivity contribution in [1.82, 2.24) is 9.97 Å². The second kappa shape index (κ2) is 8.48. The zero-order valence-corrected chi connectivity index (χ0v) is 17.4. The lowest BCUT2D eigenvalue weighted by atomic mass is 10.0. The van der Waals surface area contributed by atoms with Crippen molar-refractivity contribution in [2.24, 2.45) is 5.92 Å². The summed E-state index contributed by atoms with van der Waals surface area (Å²) in [6.45, 7) is 1.40. The lowest BCUT2D eigenvalue weighted by molar-refractivity contribution is -0.115. The quantitative estimate of drug-likeness (QED) is 0.517. The summed E-state index contributed by atoms with van der Waals surface area (Å²) in [7, 11) is 0. The van der Waals surface area contributed by atoms with Gasteiger partial charge < -0.3 is 10.2 Å². The number of aromatic nitrogens is 2. The molecule has 0 bridgehead atoms. The molecule has 1 fully saturated rings. The van der Waals surface area contributed by atoms with Gasteiger partial charge in [0, 0.05) is 18.8 Å². The molecule has 5 rings (SSSR count). The molecule has 156 valence electrons. The fourth-order valence-electron chi connectivity index (χ4n) is 3.81. The minimum absolute atomic E-state index is 0.0397. The van der Waals surface area contributed by atoms with Crippen molar-refractivity contribution in [3.63, 3.8) is 0 Å². The topological polar surface area (TPSA) is 81.9 Å². The van der Waals surface area contributed by atoms with E-state index in [9.17, 15) is 4.79 Å². The third-order valence-electron chi connectivity index (χ3n) is 5.63. The van der Waals surface area contributed by atoms with E-state index in [4.69, 9.17) is 10.2 Å². The maximum Gasteiger partial charge on any atom is 0.228 e. The summed E-state index contributed by atoms with van der Waals surface area (Å²) >= 11 is 0. The molecule has 0 spiro atoms. The first-order valence-corrected chi connectivity index (χ1v) is 10.5.